The molecule has 2 aliphatic rings. The van der Waals surface area contributed by atoms with Gasteiger partial charge in [-0.05, 0) is 42.9 Å². The van der Waals surface area contributed by atoms with Crippen LogP contribution in [0.4, 0.5) is 0 Å². The fraction of sp³-hybridized carbons (Fsp3) is 0.440. The topological polar surface area (TPSA) is 49.9 Å². The lowest BCUT2D eigenvalue weighted by Crippen LogP contribution is -2.39. The average Bonchev–Trinajstić information content (AvgIpc) is 3.36. The summed E-state index contributed by atoms with van der Waals surface area (Å²) >= 11 is 0. The minimum absolute atomic E-state index is 0.133. The fourth-order valence-corrected chi connectivity index (χ4v) is 4.79. The largest absolute Gasteiger partial charge is 0.496 e. The minimum Gasteiger partial charge on any atom is -0.496 e. The van der Waals surface area contributed by atoms with E-state index in [0.717, 1.165) is 43.7 Å². The maximum Gasteiger partial charge on any atom is 0.230 e. The van der Waals surface area contributed by atoms with Crippen molar-refractivity contribution in [3.05, 3.63) is 65.7 Å². The first-order valence-corrected chi connectivity index (χ1v) is 10.8. The van der Waals surface area contributed by atoms with Crippen LogP contribution in [0.3, 0.4) is 0 Å². The highest BCUT2D eigenvalue weighted by Crippen LogP contribution is 2.41. The number of methoxy groups -OCH3 is 1. The molecule has 0 bridgehead atoms. The number of benzene rings is 2. The Morgan fingerprint density at radius 2 is 1.73 bits per heavy atom. The molecule has 2 aromatic carbocycles. The van der Waals surface area contributed by atoms with Crippen LogP contribution in [0, 0.1) is 5.41 Å². The second-order valence-corrected chi connectivity index (χ2v) is 8.44. The van der Waals surface area contributed by atoms with Gasteiger partial charge in [0.1, 0.15) is 5.75 Å². The Morgan fingerprint density at radius 1 is 1.00 bits per heavy atom. The Morgan fingerprint density at radius 3 is 2.53 bits per heavy atom. The molecule has 5 nitrogen and oxygen atoms in total. The quantitative estimate of drug-likeness (QED) is 0.709. The molecule has 2 aliphatic heterocycles. The van der Waals surface area contributed by atoms with E-state index in [1.54, 1.807) is 7.11 Å². The van der Waals surface area contributed by atoms with Gasteiger partial charge in [-0.25, -0.2) is 0 Å². The van der Waals surface area contributed by atoms with Crippen molar-refractivity contribution in [3.8, 4) is 5.75 Å². The highest BCUT2D eigenvalue weighted by atomic mass is 16.5. The molecule has 158 valence electrons. The van der Waals surface area contributed by atoms with Gasteiger partial charge in [0.25, 0.3) is 0 Å². The number of aryl methyl sites for hydroxylation is 1. The lowest BCUT2D eigenvalue weighted by atomic mass is 9.85. The van der Waals surface area contributed by atoms with E-state index in [1.807, 2.05) is 52.3 Å². The van der Waals surface area contributed by atoms with Crippen molar-refractivity contribution in [2.24, 2.45) is 5.41 Å². The Balaban J connectivity index is 1.31. The molecule has 0 aliphatic carbocycles. The van der Waals surface area contributed by atoms with Crippen LogP contribution in [-0.4, -0.2) is 54.9 Å². The Kier molecular flexibility index (Phi) is 6.07. The monoisotopic (exact) mass is 406 g/mol. The van der Waals surface area contributed by atoms with Crippen LogP contribution in [0.2, 0.25) is 0 Å². The van der Waals surface area contributed by atoms with Crippen molar-refractivity contribution in [1.82, 2.24) is 9.80 Å². The number of likely N-dealkylation sites (tertiary alicyclic amines) is 2. The molecule has 2 heterocycles. The molecule has 2 aromatic rings. The van der Waals surface area contributed by atoms with Crippen LogP contribution in [0.1, 0.15) is 30.4 Å². The first-order valence-electron chi connectivity index (χ1n) is 10.8. The smallest absolute Gasteiger partial charge is 0.230 e. The van der Waals surface area contributed by atoms with E-state index in [2.05, 4.69) is 12.1 Å². The lowest BCUT2D eigenvalue weighted by molar-refractivity contribution is -0.136. The van der Waals surface area contributed by atoms with E-state index < -0.39 is 0 Å². The summed E-state index contributed by atoms with van der Waals surface area (Å²) in [5.41, 5.74) is 1.94. The van der Waals surface area contributed by atoms with Gasteiger partial charge in [0, 0.05) is 32.6 Å². The van der Waals surface area contributed by atoms with Gasteiger partial charge in [0.2, 0.25) is 11.8 Å². The molecule has 2 fully saturated rings. The zero-order valence-corrected chi connectivity index (χ0v) is 17.7. The Labute approximate surface area is 178 Å². The van der Waals surface area contributed by atoms with Gasteiger partial charge in [-0.15, -0.1) is 0 Å². The SMILES string of the molecule is COc1ccccc1CCC(=O)N1CCC2(CCN(CCc3ccccc3)C2=O)C1. The van der Waals surface area contributed by atoms with E-state index >= 15 is 0 Å². The standard InChI is InChI=1S/C25H30N2O3/c1-30-22-10-6-5-9-21(22)11-12-23(28)27-18-15-25(19-27)14-17-26(24(25)29)16-13-20-7-3-2-4-8-20/h2-10H,11-19H2,1H3. The van der Waals surface area contributed by atoms with Crippen molar-refractivity contribution in [2.45, 2.75) is 32.1 Å². The predicted octanol–water partition coefficient (Wildman–Crippen LogP) is 3.32. The van der Waals surface area contributed by atoms with Crippen LogP contribution < -0.4 is 4.74 Å². The number of ether oxygens (including phenoxy) is 1. The molecule has 0 radical (unpaired) electrons. The van der Waals surface area contributed by atoms with E-state index in [1.165, 1.54) is 5.56 Å². The summed E-state index contributed by atoms with van der Waals surface area (Å²) in [7, 11) is 1.65. The van der Waals surface area contributed by atoms with Gasteiger partial charge < -0.3 is 14.5 Å². The highest BCUT2D eigenvalue weighted by molar-refractivity contribution is 5.87. The molecule has 5 heteroatoms. The second-order valence-electron chi connectivity index (χ2n) is 8.44. The summed E-state index contributed by atoms with van der Waals surface area (Å²) in [6.45, 7) is 2.81. The van der Waals surface area contributed by atoms with Gasteiger partial charge in [-0.1, -0.05) is 48.5 Å². The molecule has 2 saturated heterocycles. The average molecular weight is 407 g/mol. The van der Waals surface area contributed by atoms with Crippen LogP contribution in [-0.2, 0) is 22.4 Å². The molecule has 0 N–H and O–H groups in total. The fourth-order valence-electron chi connectivity index (χ4n) is 4.79. The molecule has 1 atom stereocenters. The van der Waals surface area contributed by atoms with E-state index in [4.69, 9.17) is 4.74 Å². The summed E-state index contributed by atoms with van der Waals surface area (Å²) in [5, 5.41) is 0. The number of para-hydroxylation sites is 1. The minimum atomic E-state index is -0.364. The number of carbonyl (C=O) groups is 2. The van der Waals surface area contributed by atoms with Crippen molar-refractivity contribution >= 4 is 11.8 Å². The summed E-state index contributed by atoms with van der Waals surface area (Å²) in [6.07, 6.45) is 3.63. The molecular weight excluding hydrogens is 376 g/mol. The van der Waals surface area contributed by atoms with Gasteiger partial charge in [-0.3, -0.25) is 9.59 Å². The third kappa shape index (κ3) is 4.20. The molecule has 4 rings (SSSR count). The van der Waals surface area contributed by atoms with Crippen LogP contribution >= 0.6 is 0 Å². The molecular formula is C25H30N2O3. The van der Waals surface area contributed by atoms with Gasteiger partial charge in [-0.2, -0.15) is 0 Å². The molecule has 1 spiro atoms. The maximum absolute atomic E-state index is 13.2. The molecule has 0 aromatic heterocycles. The van der Waals surface area contributed by atoms with E-state index in [-0.39, 0.29) is 17.2 Å². The number of carbonyl (C=O) groups excluding carboxylic acids is 2. The van der Waals surface area contributed by atoms with Crippen LogP contribution in [0.15, 0.2) is 54.6 Å². The number of rotatable bonds is 7. The predicted molar refractivity (Wildman–Crippen MR) is 116 cm³/mol. The number of nitrogens with zero attached hydrogens (tertiary/aromatic N) is 2. The molecule has 0 saturated carbocycles. The third-order valence-corrected chi connectivity index (χ3v) is 6.62. The Hall–Kier alpha value is -2.82. The summed E-state index contributed by atoms with van der Waals surface area (Å²) in [5.74, 6) is 1.19. The molecule has 1 unspecified atom stereocenters. The van der Waals surface area contributed by atoms with Gasteiger partial charge in [0.05, 0.1) is 12.5 Å². The zero-order valence-electron chi connectivity index (χ0n) is 17.7. The molecule has 2 amide bonds. The van der Waals surface area contributed by atoms with Crippen LogP contribution in [0.25, 0.3) is 0 Å². The second kappa shape index (κ2) is 8.90. The first-order chi connectivity index (χ1) is 14.6. The van der Waals surface area contributed by atoms with E-state index in [0.29, 0.717) is 25.9 Å². The third-order valence-electron chi connectivity index (χ3n) is 6.62. The summed E-state index contributed by atoms with van der Waals surface area (Å²) in [6, 6.07) is 18.1. The van der Waals surface area contributed by atoms with E-state index in [9.17, 15) is 9.59 Å². The first kappa shape index (κ1) is 20.5. The normalized spacial score (nSPS) is 20.9. The summed E-state index contributed by atoms with van der Waals surface area (Å²) < 4.78 is 5.38. The van der Waals surface area contributed by atoms with Crippen molar-refractivity contribution in [3.63, 3.8) is 0 Å². The van der Waals surface area contributed by atoms with Gasteiger partial charge >= 0.3 is 0 Å². The van der Waals surface area contributed by atoms with Crippen LogP contribution in [0.5, 0.6) is 5.75 Å². The maximum atomic E-state index is 13.2. The number of hydrogen-bond donors (Lipinski definition) is 0. The van der Waals surface area contributed by atoms with Crippen molar-refractivity contribution < 1.29 is 14.3 Å². The highest BCUT2D eigenvalue weighted by Gasteiger charge is 2.51. The van der Waals surface area contributed by atoms with Crippen molar-refractivity contribution in [2.75, 3.05) is 33.3 Å². The Bertz CT molecular complexity index is 898. The number of amides is 2. The number of hydrogen-bond acceptors (Lipinski definition) is 3. The molecule has 30 heavy (non-hydrogen) atoms. The van der Waals surface area contributed by atoms with Crippen molar-refractivity contribution in [1.29, 1.82) is 0 Å². The lowest BCUT2D eigenvalue weighted by Gasteiger charge is -2.24. The zero-order chi connectivity index (χ0) is 21.0. The van der Waals surface area contributed by atoms with Gasteiger partial charge in [0.15, 0.2) is 0 Å². The summed E-state index contributed by atoms with van der Waals surface area (Å²) in [4.78, 5) is 29.9.